The van der Waals surface area contributed by atoms with Crippen LogP contribution in [0.15, 0.2) is 59.5 Å². The monoisotopic (exact) mass is 430 g/mol. The summed E-state index contributed by atoms with van der Waals surface area (Å²) in [7, 11) is -2.02. The fraction of sp³-hybridized carbons (Fsp3) is 0.273. The lowest BCUT2D eigenvalue weighted by Crippen LogP contribution is -2.48. The smallest absolute Gasteiger partial charge is 0.243 e. The number of piperazine rings is 1. The highest BCUT2D eigenvalue weighted by atomic mass is 35.5. The van der Waals surface area contributed by atoms with E-state index in [9.17, 15) is 8.42 Å². The van der Waals surface area contributed by atoms with Crippen molar-refractivity contribution in [1.29, 1.82) is 0 Å². The van der Waals surface area contributed by atoms with Crippen LogP contribution in [-0.2, 0) is 10.0 Å². The molecule has 0 aliphatic carbocycles. The summed E-state index contributed by atoms with van der Waals surface area (Å²) in [6.07, 6.45) is 0. The molecule has 29 heavy (non-hydrogen) atoms. The minimum atomic E-state index is -3.61. The van der Waals surface area contributed by atoms with Crippen LogP contribution in [0.5, 0.6) is 5.75 Å². The molecule has 7 heteroatoms. The van der Waals surface area contributed by atoms with Crippen molar-refractivity contribution in [2.75, 3.05) is 38.2 Å². The van der Waals surface area contributed by atoms with Crippen molar-refractivity contribution in [2.24, 2.45) is 0 Å². The number of fused-ring (bicyclic) bond motifs is 1. The van der Waals surface area contributed by atoms with E-state index in [2.05, 4.69) is 4.90 Å². The maximum atomic E-state index is 13.4. The first-order valence-electron chi connectivity index (χ1n) is 9.49. The largest absolute Gasteiger partial charge is 0.496 e. The van der Waals surface area contributed by atoms with E-state index in [0.717, 1.165) is 21.7 Å². The first-order valence-corrected chi connectivity index (χ1v) is 11.3. The molecular formula is C22H23ClN2O3S. The molecule has 3 aromatic rings. The number of methoxy groups -OCH3 is 1. The number of sulfonamides is 1. The molecule has 1 fully saturated rings. The van der Waals surface area contributed by atoms with Crippen LogP contribution in [0.1, 0.15) is 5.56 Å². The lowest BCUT2D eigenvalue weighted by Gasteiger charge is -2.36. The number of hydrogen-bond acceptors (Lipinski definition) is 4. The molecule has 0 bridgehead atoms. The molecular weight excluding hydrogens is 408 g/mol. The lowest BCUT2D eigenvalue weighted by atomic mass is 10.1. The van der Waals surface area contributed by atoms with E-state index >= 15 is 0 Å². The SMILES string of the molecule is COc1ccc(S(=O)(=O)N2CCN(c3cccc(Cl)c3C)CC2)c2ccccc12. The molecule has 4 rings (SSSR count). The Kier molecular flexibility index (Phi) is 5.42. The molecule has 3 aromatic carbocycles. The fourth-order valence-electron chi connectivity index (χ4n) is 3.89. The predicted octanol–water partition coefficient (Wildman–Crippen LogP) is 4.32. The van der Waals surface area contributed by atoms with Gasteiger partial charge in [0.25, 0.3) is 0 Å². The van der Waals surface area contributed by atoms with Gasteiger partial charge in [-0.1, -0.05) is 41.9 Å². The lowest BCUT2D eigenvalue weighted by molar-refractivity contribution is 0.385. The zero-order valence-electron chi connectivity index (χ0n) is 16.4. The van der Waals surface area contributed by atoms with E-state index in [1.165, 1.54) is 0 Å². The summed E-state index contributed by atoms with van der Waals surface area (Å²) >= 11 is 6.25. The Bertz CT molecular complexity index is 1160. The van der Waals surface area contributed by atoms with Gasteiger partial charge in [-0.05, 0) is 36.8 Å². The molecule has 1 heterocycles. The highest BCUT2D eigenvalue weighted by Crippen LogP contribution is 2.33. The molecule has 0 unspecified atom stereocenters. The molecule has 0 amide bonds. The summed E-state index contributed by atoms with van der Waals surface area (Å²) < 4.78 is 33.8. The molecule has 152 valence electrons. The molecule has 5 nitrogen and oxygen atoms in total. The normalized spacial score (nSPS) is 15.6. The summed E-state index contributed by atoms with van der Waals surface area (Å²) in [6, 6.07) is 16.6. The third-order valence-corrected chi connectivity index (χ3v) is 7.87. The molecule has 0 spiro atoms. The molecule has 1 aliphatic rings. The van der Waals surface area contributed by atoms with Crippen LogP contribution in [0.4, 0.5) is 5.69 Å². The average Bonchev–Trinajstić information content (AvgIpc) is 2.75. The third kappa shape index (κ3) is 3.56. The number of hydrogen-bond donors (Lipinski definition) is 0. The second kappa shape index (κ2) is 7.86. The van der Waals surface area contributed by atoms with Crippen molar-refractivity contribution in [3.63, 3.8) is 0 Å². The van der Waals surface area contributed by atoms with Crippen molar-refractivity contribution in [1.82, 2.24) is 4.31 Å². The highest BCUT2D eigenvalue weighted by molar-refractivity contribution is 7.89. The van der Waals surface area contributed by atoms with Gasteiger partial charge in [0.15, 0.2) is 0 Å². The quantitative estimate of drug-likeness (QED) is 0.618. The van der Waals surface area contributed by atoms with Gasteiger partial charge in [-0.2, -0.15) is 4.31 Å². The van der Waals surface area contributed by atoms with Crippen LogP contribution in [-0.4, -0.2) is 46.0 Å². The van der Waals surface area contributed by atoms with Gasteiger partial charge >= 0.3 is 0 Å². The van der Waals surface area contributed by atoms with E-state index in [1.54, 1.807) is 23.5 Å². The van der Waals surface area contributed by atoms with Crippen LogP contribution in [0.2, 0.25) is 5.02 Å². The molecule has 1 saturated heterocycles. The Morgan fingerprint density at radius 3 is 2.28 bits per heavy atom. The topological polar surface area (TPSA) is 49.9 Å². The maximum Gasteiger partial charge on any atom is 0.243 e. The minimum absolute atomic E-state index is 0.321. The summed E-state index contributed by atoms with van der Waals surface area (Å²) in [5.41, 5.74) is 2.08. The van der Waals surface area contributed by atoms with Crippen molar-refractivity contribution in [3.8, 4) is 5.75 Å². The molecule has 0 radical (unpaired) electrons. The van der Waals surface area contributed by atoms with E-state index in [0.29, 0.717) is 42.2 Å². The van der Waals surface area contributed by atoms with Gasteiger partial charge in [0.2, 0.25) is 10.0 Å². The van der Waals surface area contributed by atoms with Crippen molar-refractivity contribution >= 4 is 38.1 Å². The zero-order valence-corrected chi connectivity index (χ0v) is 18.0. The van der Waals surface area contributed by atoms with Crippen molar-refractivity contribution in [2.45, 2.75) is 11.8 Å². The van der Waals surface area contributed by atoms with Crippen molar-refractivity contribution in [3.05, 3.63) is 65.2 Å². The van der Waals surface area contributed by atoms with Crippen LogP contribution >= 0.6 is 11.6 Å². The third-order valence-electron chi connectivity index (χ3n) is 5.50. The Balaban J connectivity index is 1.62. The molecule has 0 atom stereocenters. The number of benzene rings is 3. The van der Waals surface area contributed by atoms with Gasteiger partial charge in [0, 0.05) is 47.7 Å². The first-order chi connectivity index (χ1) is 13.9. The Morgan fingerprint density at radius 2 is 1.59 bits per heavy atom. The Labute approximate surface area is 176 Å². The molecule has 0 saturated carbocycles. The summed E-state index contributed by atoms with van der Waals surface area (Å²) in [6.45, 7) is 4.08. The van der Waals surface area contributed by atoms with Crippen LogP contribution in [0, 0.1) is 6.92 Å². The van der Waals surface area contributed by atoms with Crippen LogP contribution in [0.3, 0.4) is 0 Å². The van der Waals surface area contributed by atoms with Gasteiger partial charge in [-0.25, -0.2) is 8.42 Å². The van der Waals surface area contributed by atoms with E-state index in [1.807, 2.05) is 49.4 Å². The van der Waals surface area contributed by atoms with Crippen LogP contribution in [0.25, 0.3) is 10.8 Å². The van der Waals surface area contributed by atoms with E-state index in [4.69, 9.17) is 16.3 Å². The summed E-state index contributed by atoms with van der Waals surface area (Å²) in [5.74, 6) is 0.667. The Hall–Kier alpha value is -2.28. The Morgan fingerprint density at radius 1 is 0.897 bits per heavy atom. The van der Waals surface area contributed by atoms with Gasteiger partial charge in [-0.15, -0.1) is 0 Å². The van der Waals surface area contributed by atoms with Gasteiger partial charge < -0.3 is 9.64 Å². The molecule has 0 N–H and O–H groups in total. The van der Waals surface area contributed by atoms with Gasteiger partial charge in [0.05, 0.1) is 12.0 Å². The molecule has 0 aromatic heterocycles. The zero-order chi connectivity index (χ0) is 20.6. The number of rotatable bonds is 4. The van der Waals surface area contributed by atoms with E-state index in [-0.39, 0.29) is 0 Å². The second-order valence-electron chi connectivity index (χ2n) is 7.09. The maximum absolute atomic E-state index is 13.4. The van der Waals surface area contributed by atoms with Crippen LogP contribution < -0.4 is 9.64 Å². The minimum Gasteiger partial charge on any atom is -0.496 e. The van der Waals surface area contributed by atoms with E-state index < -0.39 is 10.0 Å². The standard InChI is InChI=1S/C22H23ClN2O3S/c1-16-19(23)8-5-9-20(16)24-12-14-25(15-13-24)29(26,27)22-11-10-21(28-2)17-6-3-4-7-18(17)22/h3-11H,12-15H2,1-2H3. The number of ether oxygens (including phenoxy) is 1. The second-order valence-corrected chi connectivity index (χ2v) is 9.40. The molecule has 1 aliphatic heterocycles. The fourth-order valence-corrected chi connectivity index (χ4v) is 5.68. The van der Waals surface area contributed by atoms with Crippen molar-refractivity contribution < 1.29 is 13.2 Å². The first kappa shape index (κ1) is 20.0. The summed E-state index contributed by atoms with van der Waals surface area (Å²) in [4.78, 5) is 2.51. The number of halogens is 1. The highest BCUT2D eigenvalue weighted by Gasteiger charge is 2.30. The number of nitrogens with zero attached hydrogens (tertiary/aromatic N) is 2. The van der Waals surface area contributed by atoms with Gasteiger partial charge in [-0.3, -0.25) is 0 Å². The predicted molar refractivity (Wildman–Crippen MR) is 118 cm³/mol. The summed E-state index contributed by atoms with van der Waals surface area (Å²) in [5, 5.41) is 2.20. The van der Waals surface area contributed by atoms with Gasteiger partial charge in [0.1, 0.15) is 5.75 Å². The average molecular weight is 431 g/mol. The number of anilines is 1.